The minimum atomic E-state index is 0.00380. The normalized spacial score (nSPS) is 12.5. The molecular weight excluding hydrogens is 164 g/mol. The van der Waals surface area contributed by atoms with E-state index in [2.05, 4.69) is 0 Å². The molecule has 0 fully saturated rings. The molecule has 1 rings (SSSR count). The summed E-state index contributed by atoms with van der Waals surface area (Å²) in [5, 5.41) is 0. The first-order valence-electron chi connectivity index (χ1n) is 4.36. The van der Waals surface area contributed by atoms with E-state index >= 15 is 0 Å². The average molecular weight is 180 g/mol. The summed E-state index contributed by atoms with van der Waals surface area (Å²) in [5.41, 5.74) is 13.0. The second-order valence-electron chi connectivity index (χ2n) is 3.21. The molecule has 1 atom stereocenters. The Kier molecular flexibility index (Phi) is 3.14. The Morgan fingerprint density at radius 3 is 2.77 bits per heavy atom. The van der Waals surface area contributed by atoms with Crippen molar-refractivity contribution in [3.05, 3.63) is 23.8 Å². The third-order valence-electron chi connectivity index (χ3n) is 1.83. The minimum absolute atomic E-state index is 0.00380. The fourth-order valence-corrected chi connectivity index (χ4v) is 1.01. The molecule has 0 aliphatic rings. The van der Waals surface area contributed by atoms with Crippen LogP contribution < -0.4 is 16.2 Å². The van der Waals surface area contributed by atoms with Crippen LogP contribution in [-0.4, -0.2) is 12.6 Å². The van der Waals surface area contributed by atoms with Crippen LogP contribution in [0.15, 0.2) is 18.2 Å². The molecule has 3 heteroatoms. The number of aryl methyl sites for hydroxylation is 1. The van der Waals surface area contributed by atoms with Gasteiger partial charge in [-0.05, 0) is 31.5 Å². The molecule has 0 aliphatic carbocycles. The van der Waals surface area contributed by atoms with Crippen LogP contribution in [0, 0.1) is 6.92 Å². The van der Waals surface area contributed by atoms with E-state index in [-0.39, 0.29) is 6.10 Å². The summed E-state index contributed by atoms with van der Waals surface area (Å²) in [6.45, 7) is 4.41. The summed E-state index contributed by atoms with van der Waals surface area (Å²) in [6.07, 6.45) is 0.00380. The lowest BCUT2D eigenvalue weighted by Crippen LogP contribution is -2.23. The zero-order chi connectivity index (χ0) is 9.84. The molecule has 13 heavy (non-hydrogen) atoms. The Bertz CT molecular complexity index is 286. The predicted molar refractivity (Wildman–Crippen MR) is 54.7 cm³/mol. The van der Waals surface area contributed by atoms with Gasteiger partial charge in [0.05, 0.1) is 5.69 Å². The predicted octanol–water partition coefficient (Wildman–Crippen LogP) is 1.30. The van der Waals surface area contributed by atoms with Gasteiger partial charge in [-0.15, -0.1) is 0 Å². The van der Waals surface area contributed by atoms with Crippen LogP contribution in [0.4, 0.5) is 5.69 Å². The molecule has 0 heterocycles. The molecule has 0 spiro atoms. The SMILES string of the molecule is Cc1ccc(N)c(OC(C)CN)c1. The Hall–Kier alpha value is -1.22. The van der Waals surface area contributed by atoms with E-state index < -0.39 is 0 Å². The van der Waals surface area contributed by atoms with Crippen molar-refractivity contribution in [3.8, 4) is 5.75 Å². The van der Waals surface area contributed by atoms with Crippen molar-refractivity contribution in [2.75, 3.05) is 12.3 Å². The summed E-state index contributed by atoms with van der Waals surface area (Å²) in [5.74, 6) is 0.720. The molecule has 0 saturated carbocycles. The molecule has 3 nitrogen and oxygen atoms in total. The topological polar surface area (TPSA) is 61.3 Å². The fraction of sp³-hybridized carbons (Fsp3) is 0.400. The molecule has 0 saturated heterocycles. The van der Waals surface area contributed by atoms with Crippen LogP contribution >= 0.6 is 0 Å². The molecule has 0 radical (unpaired) electrons. The highest BCUT2D eigenvalue weighted by atomic mass is 16.5. The lowest BCUT2D eigenvalue weighted by molar-refractivity contribution is 0.231. The lowest BCUT2D eigenvalue weighted by atomic mass is 10.2. The number of ether oxygens (including phenoxy) is 1. The van der Waals surface area contributed by atoms with E-state index in [9.17, 15) is 0 Å². The summed E-state index contributed by atoms with van der Waals surface area (Å²) in [7, 11) is 0. The Labute approximate surface area is 78.7 Å². The molecule has 0 bridgehead atoms. The van der Waals surface area contributed by atoms with Crippen molar-refractivity contribution in [3.63, 3.8) is 0 Å². The van der Waals surface area contributed by atoms with Gasteiger partial charge in [0.2, 0.25) is 0 Å². The van der Waals surface area contributed by atoms with Crippen LogP contribution in [0.2, 0.25) is 0 Å². The van der Waals surface area contributed by atoms with Gasteiger partial charge >= 0.3 is 0 Å². The standard InChI is InChI=1S/C10H16N2O/c1-7-3-4-9(12)10(5-7)13-8(2)6-11/h3-5,8H,6,11-12H2,1-2H3. The maximum absolute atomic E-state index is 5.73. The number of hydrogen-bond donors (Lipinski definition) is 2. The molecule has 1 unspecified atom stereocenters. The van der Waals surface area contributed by atoms with E-state index in [1.165, 1.54) is 0 Å². The van der Waals surface area contributed by atoms with Crippen LogP contribution in [0.25, 0.3) is 0 Å². The molecular formula is C10H16N2O. The third-order valence-corrected chi connectivity index (χ3v) is 1.83. The first kappa shape index (κ1) is 9.86. The van der Waals surface area contributed by atoms with Crippen molar-refractivity contribution >= 4 is 5.69 Å². The maximum atomic E-state index is 5.73. The minimum Gasteiger partial charge on any atom is -0.487 e. The van der Waals surface area contributed by atoms with E-state index in [0.717, 1.165) is 11.3 Å². The first-order chi connectivity index (χ1) is 6.13. The zero-order valence-corrected chi connectivity index (χ0v) is 8.08. The van der Waals surface area contributed by atoms with Crippen LogP contribution in [0.5, 0.6) is 5.75 Å². The van der Waals surface area contributed by atoms with Crippen LogP contribution in [-0.2, 0) is 0 Å². The molecule has 0 amide bonds. The van der Waals surface area contributed by atoms with E-state index in [0.29, 0.717) is 12.2 Å². The summed E-state index contributed by atoms with van der Waals surface area (Å²) in [4.78, 5) is 0. The molecule has 4 N–H and O–H groups in total. The van der Waals surface area contributed by atoms with Crippen molar-refractivity contribution in [2.45, 2.75) is 20.0 Å². The third kappa shape index (κ3) is 2.63. The second kappa shape index (κ2) is 4.14. The van der Waals surface area contributed by atoms with Gasteiger partial charge in [-0.1, -0.05) is 6.07 Å². The van der Waals surface area contributed by atoms with Crippen LogP contribution in [0.1, 0.15) is 12.5 Å². The Morgan fingerprint density at radius 1 is 1.46 bits per heavy atom. The van der Waals surface area contributed by atoms with Gasteiger partial charge in [0.1, 0.15) is 11.9 Å². The van der Waals surface area contributed by atoms with Gasteiger partial charge < -0.3 is 16.2 Å². The molecule has 72 valence electrons. The van der Waals surface area contributed by atoms with Gasteiger partial charge in [0.15, 0.2) is 0 Å². The number of nitrogens with two attached hydrogens (primary N) is 2. The molecule has 1 aromatic rings. The average Bonchev–Trinajstić information content (AvgIpc) is 2.11. The van der Waals surface area contributed by atoms with Crippen molar-refractivity contribution in [2.24, 2.45) is 5.73 Å². The fourth-order valence-electron chi connectivity index (χ4n) is 1.01. The highest BCUT2D eigenvalue weighted by molar-refractivity contribution is 5.53. The quantitative estimate of drug-likeness (QED) is 0.689. The van der Waals surface area contributed by atoms with E-state index in [1.54, 1.807) is 0 Å². The van der Waals surface area contributed by atoms with Gasteiger partial charge in [0, 0.05) is 6.54 Å². The smallest absolute Gasteiger partial charge is 0.142 e. The van der Waals surface area contributed by atoms with E-state index in [1.807, 2.05) is 32.0 Å². The summed E-state index contributed by atoms with van der Waals surface area (Å²) in [6, 6.07) is 5.71. The van der Waals surface area contributed by atoms with Gasteiger partial charge in [-0.2, -0.15) is 0 Å². The number of nitrogen functional groups attached to an aromatic ring is 1. The first-order valence-corrected chi connectivity index (χ1v) is 4.36. The van der Waals surface area contributed by atoms with Crippen molar-refractivity contribution in [1.82, 2.24) is 0 Å². The molecule has 1 aromatic carbocycles. The van der Waals surface area contributed by atoms with Crippen molar-refractivity contribution < 1.29 is 4.74 Å². The highest BCUT2D eigenvalue weighted by Gasteiger charge is 2.04. The molecule has 0 aromatic heterocycles. The largest absolute Gasteiger partial charge is 0.487 e. The molecule has 0 aliphatic heterocycles. The Balaban J connectivity index is 2.81. The number of benzene rings is 1. The van der Waals surface area contributed by atoms with Crippen LogP contribution in [0.3, 0.4) is 0 Å². The maximum Gasteiger partial charge on any atom is 0.142 e. The van der Waals surface area contributed by atoms with Gasteiger partial charge in [-0.3, -0.25) is 0 Å². The number of hydrogen-bond acceptors (Lipinski definition) is 3. The van der Waals surface area contributed by atoms with Gasteiger partial charge in [-0.25, -0.2) is 0 Å². The van der Waals surface area contributed by atoms with Crippen molar-refractivity contribution in [1.29, 1.82) is 0 Å². The second-order valence-corrected chi connectivity index (χ2v) is 3.21. The Morgan fingerprint density at radius 2 is 2.15 bits per heavy atom. The summed E-state index contributed by atoms with van der Waals surface area (Å²) >= 11 is 0. The number of rotatable bonds is 3. The summed E-state index contributed by atoms with van der Waals surface area (Å²) < 4.78 is 5.53. The number of anilines is 1. The monoisotopic (exact) mass is 180 g/mol. The zero-order valence-electron chi connectivity index (χ0n) is 8.08. The van der Waals surface area contributed by atoms with E-state index in [4.69, 9.17) is 16.2 Å². The van der Waals surface area contributed by atoms with Gasteiger partial charge in [0.25, 0.3) is 0 Å². The lowest BCUT2D eigenvalue weighted by Gasteiger charge is -2.14. The highest BCUT2D eigenvalue weighted by Crippen LogP contribution is 2.23.